The molecule has 92 valence electrons. The highest BCUT2D eigenvalue weighted by molar-refractivity contribution is 6.42. The van der Waals surface area contributed by atoms with E-state index in [1.165, 1.54) is 0 Å². The first kappa shape index (κ1) is 16.0. The molecule has 1 aromatic carbocycles. The van der Waals surface area contributed by atoms with Crippen molar-refractivity contribution in [1.29, 1.82) is 0 Å². The number of aliphatic hydroxyl groups is 1. The number of rotatable bonds is 4. The Morgan fingerprint density at radius 1 is 1.25 bits per heavy atom. The van der Waals surface area contributed by atoms with Crippen LogP contribution in [0, 0.1) is 0 Å². The van der Waals surface area contributed by atoms with Gasteiger partial charge in [-0.3, -0.25) is 0 Å². The molecule has 0 aliphatic carbocycles. The predicted molar refractivity (Wildman–Crippen MR) is 71.8 cm³/mol. The van der Waals surface area contributed by atoms with E-state index < -0.39 is 6.10 Å². The molecule has 1 aromatic rings. The molecule has 1 rings (SSSR count). The number of hydrogen-bond acceptors (Lipinski definition) is 2. The summed E-state index contributed by atoms with van der Waals surface area (Å²) >= 11 is 11.7. The van der Waals surface area contributed by atoms with E-state index >= 15 is 0 Å². The topological polar surface area (TPSA) is 23.5 Å². The number of nitrogens with zero attached hydrogens (tertiary/aromatic N) is 1. The fourth-order valence-electron chi connectivity index (χ4n) is 1.27. The van der Waals surface area contributed by atoms with Crippen LogP contribution in [-0.4, -0.2) is 30.6 Å². The Morgan fingerprint density at radius 3 is 2.38 bits per heavy atom. The summed E-state index contributed by atoms with van der Waals surface area (Å²) in [6.07, 6.45) is 0.201. The minimum absolute atomic E-state index is 0. The first-order chi connectivity index (χ1) is 7.00. The van der Waals surface area contributed by atoms with Crippen LogP contribution in [0.2, 0.25) is 10.0 Å². The largest absolute Gasteiger partial charge is 0.388 e. The van der Waals surface area contributed by atoms with Crippen LogP contribution >= 0.6 is 35.6 Å². The molecule has 2 nitrogen and oxygen atoms in total. The van der Waals surface area contributed by atoms with Crippen molar-refractivity contribution in [3.05, 3.63) is 33.8 Å². The maximum absolute atomic E-state index is 9.86. The summed E-state index contributed by atoms with van der Waals surface area (Å²) in [6, 6.07) is 5.22. The summed E-state index contributed by atoms with van der Waals surface area (Å²) in [6.45, 7) is 0.835. The summed E-state index contributed by atoms with van der Waals surface area (Å²) < 4.78 is 0. The van der Waals surface area contributed by atoms with Gasteiger partial charge in [0.15, 0.2) is 0 Å². The Labute approximate surface area is 113 Å². The number of aliphatic hydroxyl groups excluding tert-OH is 1. The van der Waals surface area contributed by atoms with Gasteiger partial charge in [0.05, 0.1) is 16.1 Å². The monoisotopic (exact) mass is 283 g/mol. The summed E-state index contributed by atoms with van der Waals surface area (Å²) in [5, 5.41) is 10.9. The third kappa shape index (κ3) is 4.89. The van der Waals surface area contributed by atoms with Crippen molar-refractivity contribution in [2.75, 3.05) is 20.6 Å². The van der Waals surface area contributed by atoms with E-state index in [2.05, 4.69) is 0 Å². The minimum atomic E-state index is -0.484. The molecule has 0 heterocycles. The van der Waals surface area contributed by atoms with Crippen molar-refractivity contribution >= 4 is 35.6 Å². The zero-order chi connectivity index (χ0) is 11.4. The van der Waals surface area contributed by atoms with Crippen LogP contribution in [0.1, 0.15) is 18.1 Å². The van der Waals surface area contributed by atoms with Gasteiger partial charge in [-0.15, -0.1) is 12.4 Å². The molecule has 0 saturated carbocycles. The van der Waals surface area contributed by atoms with Crippen LogP contribution < -0.4 is 0 Å². The fraction of sp³-hybridized carbons (Fsp3) is 0.455. The third-order valence-electron chi connectivity index (χ3n) is 2.18. The summed E-state index contributed by atoms with van der Waals surface area (Å²) in [7, 11) is 3.95. The van der Waals surface area contributed by atoms with Gasteiger partial charge in [-0.2, -0.15) is 0 Å². The van der Waals surface area contributed by atoms with E-state index in [0.717, 1.165) is 12.1 Å². The smallest absolute Gasteiger partial charge is 0.0802 e. The first-order valence-electron chi connectivity index (χ1n) is 4.78. The van der Waals surface area contributed by atoms with Crippen molar-refractivity contribution in [2.45, 2.75) is 12.5 Å². The molecule has 0 amide bonds. The van der Waals surface area contributed by atoms with Gasteiger partial charge in [0.2, 0.25) is 0 Å². The molecule has 0 aliphatic heterocycles. The fourth-order valence-corrected chi connectivity index (χ4v) is 1.57. The van der Waals surface area contributed by atoms with Gasteiger partial charge in [-0.05, 0) is 38.2 Å². The van der Waals surface area contributed by atoms with Gasteiger partial charge in [0, 0.05) is 6.54 Å². The number of hydrogen-bond donors (Lipinski definition) is 1. The Morgan fingerprint density at radius 2 is 1.88 bits per heavy atom. The average Bonchev–Trinajstić information content (AvgIpc) is 2.18. The Kier molecular flexibility index (Phi) is 7.36. The van der Waals surface area contributed by atoms with Crippen molar-refractivity contribution in [3.63, 3.8) is 0 Å². The van der Waals surface area contributed by atoms with Gasteiger partial charge >= 0.3 is 0 Å². The lowest BCUT2D eigenvalue weighted by molar-refractivity contribution is 0.154. The second-order valence-corrected chi connectivity index (χ2v) is 4.60. The van der Waals surface area contributed by atoms with Gasteiger partial charge in [0.25, 0.3) is 0 Å². The third-order valence-corrected chi connectivity index (χ3v) is 2.92. The zero-order valence-corrected chi connectivity index (χ0v) is 11.6. The first-order valence-corrected chi connectivity index (χ1v) is 5.54. The van der Waals surface area contributed by atoms with Crippen LogP contribution in [0.4, 0.5) is 0 Å². The van der Waals surface area contributed by atoms with Crippen LogP contribution in [0.15, 0.2) is 18.2 Å². The molecule has 5 heteroatoms. The van der Waals surface area contributed by atoms with Gasteiger partial charge < -0.3 is 10.0 Å². The lowest BCUT2D eigenvalue weighted by atomic mass is 10.1. The van der Waals surface area contributed by atoms with Crippen LogP contribution in [0.5, 0.6) is 0 Å². The quantitative estimate of drug-likeness (QED) is 0.916. The molecule has 0 aliphatic rings. The Bertz CT molecular complexity index is 331. The van der Waals surface area contributed by atoms with Crippen LogP contribution in [0.25, 0.3) is 0 Å². The highest BCUT2D eigenvalue weighted by Crippen LogP contribution is 2.26. The molecule has 1 unspecified atom stereocenters. The van der Waals surface area contributed by atoms with E-state index in [9.17, 15) is 5.11 Å². The maximum atomic E-state index is 9.86. The van der Waals surface area contributed by atoms with Crippen LogP contribution in [0.3, 0.4) is 0 Å². The number of halogens is 3. The van der Waals surface area contributed by atoms with Gasteiger partial charge in [-0.25, -0.2) is 0 Å². The lowest BCUT2D eigenvalue weighted by Crippen LogP contribution is -2.15. The molecule has 1 N–H and O–H groups in total. The van der Waals surface area contributed by atoms with Crippen molar-refractivity contribution in [3.8, 4) is 0 Å². The molecule has 16 heavy (non-hydrogen) atoms. The summed E-state index contributed by atoms with van der Waals surface area (Å²) in [5.41, 5.74) is 0.811. The van der Waals surface area contributed by atoms with E-state index in [-0.39, 0.29) is 12.4 Å². The molecule has 0 saturated heterocycles. The van der Waals surface area contributed by atoms with Crippen LogP contribution in [-0.2, 0) is 0 Å². The second-order valence-electron chi connectivity index (χ2n) is 3.78. The maximum Gasteiger partial charge on any atom is 0.0802 e. The molecular weight excluding hydrogens is 268 g/mol. The van der Waals surface area contributed by atoms with E-state index in [0.29, 0.717) is 16.5 Å². The van der Waals surface area contributed by atoms with Crippen molar-refractivity contribution in [2.24, 2.45) is 0 Å². The minimum Gasteiger partial charge on any atom is -0.388 e. The van der Waals surface area contributed by atoms with Crippen molar-refractivity contribution in [1.82, 2.24) is 4.90 Å². The summed E-state index contributed by atoms with van der Waals surface area (Å²) in [4.78, 5) is 2.03. The molecule has 0 bridgehead atoms. The zero-order valence-electron chi connectivity index (χ0n) is 9.28. The standard InChI is InChI=1S/C11H15Cl2NO.ClH/c1-14(2)6-5-11(15)8-3-4-9(12)10(13)7-8;/h3-4,7,11,15H,5-6H2,1-2H3;1H. The SMILES string of the molecule is CN(C)CCC(O)c1ccc(Cl)c(Cl)c1.Cl. The lowest BCUT2D eigenvalue weighted by Gasteiger charge is -2.15. The van der Waals surface area contributed by atoms with Gasteiger partial charge in [0.1, 0.15) is 0 Å². The van der Waals surface area contributed by atoms with E-state index in [1.54, 1.807) is 18.2 Å². The molecule has 0 radical (unpaired) electrons. The molecule has 0 aromatic heterocycles. The summed E-state index contributed by atoms with van der Waals surface area (Å²) in [5.74, 6) is 0. The van der Waals surface area contributed by atoms with E-state index in [1.807, 2.05) is 19.0 Å². The Hall–Kier alpha value is 0.01000. The normalized spacial score (nSPS) is 12.4. The van der Waals surface area contributed by atoms with Gasteiger partial charge in [-0.1, -0.05) is 29.3 Å². The molecule has 0 fully saturated rings. The highest BCUT2D eigenvalue weighted by atomic mass is 35.5. The van der Waals surface area contributed by atoms with E-state index in [4.69, 9.17) is 23.2 Å². The Balaban J connectivity index is 0.00000225. The second kappa shape index (κ2) is 7.36. The average molecular weight is 285 g/mol. The predicted octanol–water partition coefficient (Wildman–Crippen LogP) is 3.40. The van der Waals surface area contributed by atoms with Crippen molar-refractivity contribution < 1.29 is 5.11 Å². The highest BCUT2D eigenvalue weighted by Gasteiger charge is 2.09. The molecular formula is C11H16Cl3NO. The molecule has 0 spiro atoms. The molecule has 1 atom stereocenters. The number of benzene rings is 1.